The molecule has 5 heteroatoms. The molecule has 0 bridgehead atoms. The van der Waals surface area contributed by atoms with Crippen LogP contribution in [0.2, 0.25) is 0 Å². The molecule has 0 fully saturated rings. The second-order valence-corrected chi connectivity index (χ2v) is 5.68. The van der Waals surface area contributed by atoms with Gasteiger partial charge in [0.1, 0.15) is 6.61 Å². The molecule has 1 atom stereocenters. The molecule has 20 heavy (non-hydrogen) atoms. The first kappa shape index (κ1) is 14.7. The minimum absolute atomic E-state index is 0.164. The van der Waals surface area contributed by atoms with Crippen molar-refractivity contribution in [2.75, 3.05) is 20.8 Å². The van der Waals surface area contributed by atoms with Crippen LogP contribution in [0.15, 0.2) is 30.3 Å². The molecule has 0 saturated carbocycles. The molecule has 1 aromatic carbocycles. The van der Waals surface area contributed by atoms with Crippen LogP contribution in [-0.2, 0) is 0 Å². The number of nitrogens with two attached hydrogens (primary N) is 1. The third kappa shape index (κ3) is 3.23. The van der Waals surface area contributed by atoms with Crippen LogP contribution in [0.1, 0.15) is 15.8 Å². The van der Waals surface area contributed by atoms with E-state index in [1.165, 1.54) is 4.88 Å². The summed E-state index contributed by atoms with van der Waals surface area (Å²) in [6, 6.07) is 9.45. The van der Waals surface area contributed by atoms with Crippen LogP contribution in [0.3, 0.4) is 0 Å². The SMILES string of the molecule is COc1cccc(OC)c1OCC(N)c1ccc(C)s1. The zero-order chi connectivity index (χ0) is 14.5. The van der Waals surface area contributed by atoms with E-state index in [0.717, 1.165) is 4.88 Å². The number of hydrogen-bond acceptors (Lipinski definition) is 5. The maximum atomic E-state index is 6.14. The Labute approximate surface area is 123 Å². The number of rotatable bonds is 6. The van der Waals surface area contributed by atoms with Gasteiger partial charge in [0.15, 0.2) is 11.5 Å². The highest BCUT2D eigenvalue weighted by molar-refractivity contribution is 7.12. The number of hydrogen-bond donors (Lipinski definition) is 1. The number of benzene rings is 1. The van der Waals surface area contributed by atoms with Crippen molar-refractivity contribution in [3.8, 4) is 17.2 Å². The molecule has 0 aliphatic heterocycles. The molecule has 1 aromatic heterocycles. The molecule has 0 radical (unpaired) electrons. The second kappa shape index (κ2) is 6.63. The standard InChI is InChI=1S/C15H19NO3S/c1-10-7-8-14(20-10)11(16)9-19-15-12(17-2)5-4-6-13(15)18-3/h4-8,11H,9,16H2,1-3H3. The van der Waals surface area contributed by atoms with Crippen LogP contribution in [-0.4, -0.2) is 20.8 Å². The fourth-order valence-corrected chi connectivity index (χ4v) is 2.73. The van der Waals surface area contributed by atoms with E-state index >= 15 is 0 Å². The van der Waals surface area contributed by atoms with Crippen LogP contribution < -0.4 is 19.9 Å². The van der Waals surface area contributed by atoms with Crippen LogP contribution in [0, 0.1) is 6.92 Å². The van der Waals surface area contributed by atoms with Gasteiger partial charge in [-0.3, -0.25) is 0 Å². The molecule has 2 aromatic rings. The molecule has 0 saturated heterocycles. The van der Waals surface area contributed by atoms with Crippen LogP contribution >= 0.6 is 11.3 Å². The molecule has 0 aliphatic carbocycles. The summed E-state index contributed by atoms with van der Waals surface area (Å²) in [4.78, 5) is 2.35. The van der Waals surface area contributed by atoms with Gasteiger partial charge in [0, 0.05) is 9.75 Å². The summed E-state index contributed by atoms with van der Waals surface area (Å²) in [6.07, 6.45) is 0. The van der Waals surface area contributed by atoms with E-state index in [0.29, 0.717) is 23.9 Å². The average molecular weight is 293 g/mol. The molecule has 0 spiro atoms. The maximum absolute atomic E-state index is 6.14. The average Bonchev–Trinajstić information content (AvgIpc) is 2.90. The molecule has 2 N–H and O–H groups in total. The molecular weight excluding hydrogens is 274 g/mol. The molecular formula is C15H19NO3S. The Bertz CT molecular complexity index is 546. The molecule has 0 amide bonds. The minimum atomic E-state index is -0.164. The van der Waals surface area contributed by atoms with Crippen molar-refractivity contribution in [2.45, 2.75) is 13.0 Å². The van der Waals surface area contributed by atoms with Crippen molar-refractivity contribution in [1.82, 2.24) is 0 Å². The molecule has 2 rings (SSSR count). The zero-order valence-corrected chi connectivity index (χ0v) is 12.7. The quantitative estimate of drug-likeness (QED) is 0.889. The summed E-state index contributed by atoms with van der Waals surface area (Å²) in [7, 11) is 3.20. The number of methoxy groups -OCH3 is 2. The summed E-state index contributed by atoms with van der Waals surface area (Å²) in [5, 5.41) is 0. The Morgan fingerprint density at radius 2 is 1.75 bits per heavy atom. The third-order valence-corrected chi connectivity index (χ3v) is 4.05. The summed E-state index contributed by atoms with van der Waals surface area (Å²) >= 11 is 1.68. The third-order valence-electron chi connectivity index (χ3n) is 2.92. The Morgan fingerprint density at radius 1 is 1.10 bits per heavy atom. The van der Waals surface area contributed by atoms with Gasteiger partial charge in [-0.15, -0.1) is 11.3 Å². The molecule has 4 nitrogen and oxygen atoms in total. The van der Waals surface area contributed by atoms with Crippen molar-refractivity contribution >= 4 is 11.3 Å². The highest BCUT2D eigenvalue weighted by Crippen LogP contribution is 2.37. The van der Waals surface area contributed by atoms with Gasteiger partial charge in [0.05, 0.1) is 20.3 Å². The van der Waals surface area contributed by atoms with Gasteiger partial charge in [-0.1, -0.05) is 6.07 Å². The van der Waals surface area contributed by atoms with E-state index in [1.54, 1.807) is 25.6 Å². The molecule has 108 valence electrons. The van der Waals surface area contributed by atoms with Gasteiger partial charge in [-0.2, -0.15) is 0 Å². The number of para-hydroxylation sites is 1. The molecule has 1 heterocycles. The fourth-order valence-electron chi connectivity index (χ4n) is 1.87. The minimum Gasteiger partial charge on any atom is -0.493 e. The lowest BCUT2D eigenvalue weighted by Crippen LogP contribution is -2.18. The van der Waals surface area contributed by atoms with E-state index in [4.69, 9.17) is 19.9 Å². The van der Waals surface area contributed by atoms with Crippen molar-refractivity contribution in [3.05, 3.63) is 40.1 Å². The predicted molar refractivity (Wildman–Crippen MR) is 81.0 cm³/mol. The van der Waals surface area contributed by atoms with E-state index in [-0.39, 0.29) is 6.04 Å². The van der Waals surface area contributed by atoms with Gasteiger partial charge in [-0.25, -0.2) is 0 Å². The Morgan fingerprint density at radius 3 is 2.25 bits per heavy atom. The van der Waals surface area contributed by atoms with Crippen LogP contribution in [0.25, 0.3) is 0 Å². The molecule has 1 unspecified atom stereocenters. The van der Waals surface area contributed by atoms with Crippen molar-refractivity contribution in [3.63, 3.8) is 0 Å². The Kier molecular flexibility index (Phi) is 4.87. The highest BCUT2D eigenvalue weighted by atomic mass is 32.1. The van der Waals surface area contributed by atoms with Gasteiger partial charge in [0.2, 0.25) is 5.75 Å². The van der Waals surface area contributed by atoms with Crippen LogP contribution in [0.4, 0.5) is 0 Å². The molecule has 0 aliphatic rings. The first-order valence-corrected chi connectivity index (χ1v) is 7.13. The zero-order valence-electron chi connectivity index (χ0n) is 11.9. The predicted octanol–water partition coefficient (Wildman–Crippen LogP) is 3.15. The van der Waals surface area contributed by atoms with Crippen molar-refractivity contribution in [2.24, 2.45) is 5.73 Å². The van der Waals surface area contributed by atoms with Crippen LogP contribution in [0.5, 0.6) is 17.2 Å². The van der Waals surface area contributed by atoms with Gasteiger partial charge in [0.25, 0.3) is 0 Å². The number of ether oxygens (including phenoxy) is 3. The number of thiophene rings is 1. The van der Waals surface area contributed by atoms with Gasteiger partial charge in [-0.05, 0) is 31.2 Å². The summed E-state index contributed by atoms with van der Waals surface area (Å²) in [5.74, 6) is 1.86. The highest BCUT2D eigenvalue weighted by Gasteiger charge is 2.14. The smallest absolute Gasteiger partial charge is 0.203 e. The van der Waals surface area contributed by atoms with E-state index in [9.17, 15) is 0 Å². The largest absolute Gasteiger partial charge is 0.493 e. The number of aryl methyl sites for hydroxylation is 1. The van der Waals surface area contributed by atoms with E-state index in [2.05, 4.69) is 13.0 Å². The lowest BCUT2D eigenvalue weighted by molar-refractivity contribution is 0.258. The van der Waals surface area contributed by atoms with Gasteiger partial charge < -0.3 is 19.9 Å². The fraction of sp³-hybridized carbons (Fsp3) is 0.333. The summed E-state index contributed by atoms with van der Waals surface area (Å²) < 4.78 is 16.4. The Hall–Kier alpha value is -1.72. The second-order valence-electron chi connectivity index (χ2n) is 4.36. The topological polar surface area (TPSA) is 53.7 Å². The van der Waals surface area contributed by atoms with Crippen molar-refractivity contribution < 1.29 is 14.2 Å². The lowest BCUT2D eigenvalue weighted by Gasteiger charge is -2.16. The van der Waals surface area contributed by atoms with Crippen molar-refractivity contribution in [1.29, 1.82) is 0 Å². The normalized spacial score (nSPS) is 12.0. The first-order chi connectivity index (χ1) is 9.65. The maximum Gasteiger partial charge on any atom is 0.203 e. The lowest BCUT2D eigenvalue weighted by atomic mass is 10.2. The Balaban J connectivity index is 2.10. The first-order valence-electron chi connectivity index (χ1n) is 6.31. The van der Waals surface area contributed by atoms with E-state index in [1.807, 2.05) is 24.3 Å². The van der Waals surface area contributed by atoms with E-state index < -0.39 is 0 Å². The summed E-state index contributed by atoms with van der Waals surface area (Å²) in [5.41, 5.74) is 6.14. The van der Waals surface area contributed by atoms with Gasteiger partial charge >= 0.3 is 0 Å². The summed E-state index contributed by atoms with van der Waals surface area (Å²) in [6.45, 7) is 2.43. The monoisotopic (exact) mass is 293 g/mol.